The normalized spacial score (nSPS) is 15.1. The zero-order valence-corrected chi connectivity index (χ0v) is 9.96. The van der Waals surface area contributed by atoms with E-state index >= 15 is 0 Å². The van der Waals surface area contributed by atoms with Crippen molar-refractivity contribution in [2.75, 3.05) is 0 Å². The molecule has 0 N–H and O–H groups in total. The van der Waals surface area contributed by atoms with Gasteiger partial charge in [0.2, 0.25) is 0 Å². The second-order valence-electron chi connectivity index (χ2n) is 4.61. The van der Waals surface area contributed by atoms with Crippen LogP contribution in [-0.4, -0.2) is 4.98 Å². The van der Waals surface area contributed by atoms with E-state index in [0.717, 1.165) is 18.9 Å². The number of hydrogen-bond acceptors (Lipinski definition) is 1. The first-order valence-electron chi connectivity index (χ1n) is 6.02. The number of rotatable bonds is 0. The molecule has 19 heavy (non-hydrogen) atoms. The Balaban J connectivity index is 2.19. The van der Waals surface area contributed by atoms with Gasteiger partial charge in [-0.2, -0.15) is 13.2 Å². The Labute approximate surface area is 108 Å². The van der Waals surface area contributed by atoms with E-state index in [2.05, 4.69) is 16.8 Å². The molecule has 0 aliphatic heterocycles. The molecule has 1 aromatic carbocycles. The van der Waals surface area contributed by atoms with Gasteiger partial charge in [0.1, 0.15) is 5.69 Å². The fourth-order valence-electron chi connectivity index (χ4n) is 1.83. The third kappa shape index (κ3) is 2.55. The molecule has 0 radical (unpaired) electrons. The molecular weight excluding hydrogens is 251 g/mol. The zero-order valence-electron chi connectivity index (χ0n) is 9.96. The number of aromatic nitrogens is 1. The van der Waals surface area contributed by atoms with E-state index in [-0.39, 0.29) is 0 Å². The van der Waals surface area contributed by atoms with Crippen LogP contribution in [0, 0.1) is 17.8 Å². The lowest BCUT2D eigenvalue weighted by molar-refractivity contribution is -0.140. The molecule has 1 aliphatic carbocycles. The Morgan fingerprint density at radius 1 is 1.16 bits per heavy atom. The molecule has 1 saturated carbocycles. The van der Waals surface area contributed by atoms with E-state index in [1.807, 2.05) is 0 Å². The summed E-state index contributed by atoms with van der Waals surface area (Å²) in [5, 5.41) is 0.670. The van der Waals surface area contributed by atoms with Crippen LogP contribution in [0.1, 0.15) is 24.1 Å². The summed E-state index contributed by atoms with van der Waals surface area (Å²) < 4.78 is 38.4. The van der Waals surface area contributed by atoms with Gasteiger partial charge in [0.05, 0.1) is 5.52 Å². The van der Waals surface area contributed by atoms with Crippen LogP contribution < -0.4 is 0 Å². The first-order chi connectivity index (χ1) is 9.04. The summed E-state index contributed by atoms with van der Waals surface area (Å²) >= 11 is 0. The van der Waals surface area contributed by atoms with Crippen molar-refractivity contribution in [2.45, 2.75) is 19.0 Å². The maximum absolute atomic E-state index is 12.8. The molecule has 4 heteroatoms. The Morgan fingerprint density at radius 3 is 2.58 bits per heavy atom. The minimum absolute atomic E-state index is 0.331. The van der Waals surface area contributed by atoms with Crippen molar-refractivity contribution < 1.29 is 13.2 Å². The minimum Gasteiger partial charge on any atom is -0.243 e. The molecule has 3 rings (SSSR count). The van der Waals surface area contributed by atoms with Crippen LogP contribution in [-0.2, 0) is 6.18 Å². The van der Waals surface area contributed by atoms with E-state index in [9.17, 15) is 13.2 Å². The first-order valence-corrected chi connectivity index (χ1v) is 6.02. The van der Waals surface area contributed by atoms with Gasteiger partial charge in [0, 0.05) is 16.9 Å². The Hall–Kier alpha value is -2.02. The van der Waals surface area contributed by atoms with E-state index in [0.29, 0.717) is 22.4 Å². The lowest BCUT2D eigenvalue weighted by atomic mass is 10.1. The van der Waals surface area contributed by atoms with Gasteiger partial charge in [-0.05, 0) is 25.0 Å². The maximum Gasteiger partial charge on any atom is 0.433 e. The third-order valence-corrected chi connectivity index (χ3v) is 2.99. The Morgan fingerprint density at radius 2 is 1.89 bits per heavy atom. The average Bonchev–Trinajstić information content (AvgIpc) is 3.18. The number of nitrogens with zero attached hydrogens (tertiary/aromatic N) is 1. The quantitative estimate of drug-likeness (QED) is 0.653. The topological polar surface area (TPSA) is 12.9 Å². The molecule has 0 bridgehead atoms. The largest absolute Gasteiger partial charge is 0.433 e. The Bertz CT molecular complexity index is 688. The highest BCUT2D eigenvalue weighted by Gasteiger charge is 2.33. The minimum atomic E-state index is -4.44. The van der Waals surface area contributed by atoms with Crippen LogP contribution >= 0.6 is 0 Å². The summed E-state index contributed by atoms with van der Waals surface area (Å²) in [5.74, 6) is 6.22. The maximum atomic E-state index is 12.8. The SMILES string of the molecule is FC(F)(F)c1cc(C#CC2CC2)c2ccccc2n1. The predicted molar refractivity (Wildman–Crippen MR) is 66.3 cm³/mol. The monoisotopic (exact) mass is 261 g/mol. The number of pyridine rings is 1. The van der Waals surface area contributed by atoms with Crippen molar-refractivity contribution in [3.05, 3.63) is 41.6 Å². The number of para-hydroxylation sites is 1. The number of benzene rings is 1. The van der Waals surface area contributed by atoms with Gasteiger partial charge in [0.15, 0.2) is 0 Å². The van der Waals surface area contributed by atoms with Gasteiger partial charge in [0.25, 0.3) is 0 Å². The molecular formula is C15H10F3N. The van der Waals surface area contributed by atoms with Crippen molar-refractivity contribution in [1.29, 1.82) is 0 Å². The highest BCUT2D eigenvalue weighted by Crippen LogP contribution is 2.31. The number of halogens is 3. The van der Waals surface area contributed by atoms with Crippen LogP contribution in [0.25, 0.3) is 10.9 Å². The lowest BCUT2D eigenvalue weighted by Crippen LogP contribution is -2.08. The van der Waals surface area contributed by atoms with Crippen LogP contribution in [0.3, 0.4) is 0 Å². The van der Waals surface area contributed by atoms with Crippen LogP contribution in [0.15, 0.2) is 30.3 Å². The molecule has 1 nitrogen and oxygen atoms in total. The molecule has 0 saturated heterocycles. The zero-order chi connectivity index (χ0) is 13.5. The number of alkyl halides is 3. The predicted octanol–water partition coefficient (Wildman–Crippen LogP) is 4.02. The summed E-state index contributed by atoms with van der Waals surface area (Å²) in [4.78, 5) is 3.66. The summed E-state index contributed by atoms with van der Waals surface area (Å²) in [6, 6.07) is 7.82. The molecule has 1 aromatic heterocycles. The number of hydrogen-bond donors (Lipinski definition) is 0. The van der Waals surface area contributed by atoms with Crippen LogP contribution in [0.2, 0.25) is 0 Å². The molecule has 0 spiro atoms. The van der Waals surface area contributed by atoms with E-state index in [1.165, 1.54) is 0 Å². The van der Waals surface area contributed by atoms with Gasteiger partial charge in [-0.25, -0.2) is 4.98 Å². The molecule has 96 valence electrons. The molecule has 0 unspecified atom stereocenters. The van der Waals surface area contributed by atoms with E-state index in [4.69, 9.17) is 0 Å². The fraction of sp³-hybridized carbons (Fsp3) is 0.267. The van der Waals surface area contributed by atoms with Crippen LogP contribution in [0.4, 0.5) is 13.2 Å². The van der Waals surface area contributed by atoms with E-state index < -0.39 is 11.9 Å². The van der Waals surface area contributed by atoms with Gasteiger partial charge in [-0.1, -0.05) is 30.0 Å². The molecule has 2 aromatic rings. The summed E-state index contributed by atoms with van der Waals surface area (Å²) in [5.41, 5.74) is -0.145. The average molecular weight is 261 g/mol. The molecule has 1 heterocycles. The van der Waals surface area contributed by atoms with Gasteiger partial charge in [-0.3, -0.25) is 0 Å². The van der Waals surface area contributed by atoms with Gasteiger partial charge < -0.3 is 0 Å². The molecule has 0 atom stereocenters. The van der Waals surface area contributed by atoms with Crippen LogP contribution in [0.5, 0.6) is 0 Å². The van der Waals surface area contributed by atoms with Crippen molar-refractivity contribution in [3.63, 3.8) is 0 Å². The summed E-state index contributed by atoms with van der Waals surface area (Å²) in [7, 11) is 0. The van der Waals surface area contributed by atoms with Gasteiger partial charge >= 0.3 is 6.18 Å². The number of fused-ring (bicyclic) bond motifs is 1. The standard InChI is InChI=1S/C15H10F3N/c16-15(17,18)14-9-11(8-7-10-5-6-10)12-3-1-2-4-13(12)19-14/h1-4,9-10H,5-6H2. The third-order valence-electron chi connectivity index (χ3n) is 2.99. The van der Waals surface area contributed by atoms with Crippen molar-refractivity contribution >= 4 is 10.9 Å². The first kappa shape index (κ1) is 12.0. The highest BCUT2D eigenvalue weighted by molar-refractivity contribution is 5.85. The molecule has 1 fully saturated rings. The van der Waals surface area contributed by atoms with E-state index in [1.54, 1.807) is 24.3 Å². The smallest absolute Gasteiger partial charge is 0.243 e. The highest BCUT2D eigenvalue weighted by atomic mass is 19.4. The van der Waals surface area contributed by atoms with Crippen molar-refractivity contribution in [1.82, 2.24) is 4.98 Å². The summed E-state index contributed by atoms with van der Waals surface area (Å²) in [6.07, 6.45) is -2.36. The van der Waals surface area contributed by atoms with Crippen molar-refractivity contribution in [3.8, 4) is 11.8 Å². The lowest BCUT2D eigenvalue weighted by Gasteiger charge is -2.08. The second-order valence-corrected chi connectivity index (χ2v) is 4.61. The summed E-state index contributed by atoms with van der Waals surface area (Å²) in [6.45, 7) is 0. The molecule has 1 aliphatic rings. The fourth-order valence-corrected chi connectivity index (χ4v) is 1.83. The van der Waals surface area contributed by atoms with Crippen molar-refractivity contribution in [2.24, 2.45) is 5.92 Å². The van der Waals surface area contributed by atoms with Gasteiger partial charge in [-0.15, -0.1) is 0 Å². The second kappa shape index (κ2) is 4.27. The Kier molecular flexibility index (Phi) is 2.70. The molecule has 0 amide bonds.